The molecule has 0 spiro atoms. The van der Waals surface area contributed by atoms with Crippen molar-refractivity contribution in [3.05, 3.63) is 50.9 Å². The van der Waals surface area contributed by atoms with Crippen LogP contribution in [-0.2, 0) is 6.42 Å². The summed E-state index contributed by atoms with van der Waals surface area (Å²) in [5.74, 6) is -1.27. The molecule has 0 aliphatic rings. The fourth-order valence-electron chi connectivity index (χ4n) is 1.54. The van der Waals surface area contributed by atoms with E-state index in [2.05, 4.69) is 10.3 Å². The van der Waals surface area contributed by atoms with Crippen molar-refractivity contribution in [2.75, 3.05) is 6.54 Å². The van der Waals surface area contributed by atoms with Crippen molar-refractivity contribution < 1.29 is 14.7 Å². The lowest BCUT2D eigenvalue weighted by molar-refractivity contribution is 0.0690. The zero-order chi connectivity index (χ0) is 14.5. The highest BCUT2D eigenvalue weighted by molar-refractivity contribution is 7.09. The van der Waals surface area contributed by atoms with Gasteiger partial charge in [-0.25, -0.2) is 9.78 Å². The number of thiazole rings is 1. The van der Waals surface area contributed by atoms with E-state index in [4.69, 9.17) is 16.7 Å². The summed E-state index contributed by atoms with van der Waals surface area (Å²) in [6, 6.07) is 6.66. The van der Waals surface area contributed by atoms with Gasteiger partial charge in [0.1, 0.15) is 0 Å². The Bertz CT molecular complexity index is 642. The number of carbonyl (C=O) groups is 2. The third-order valence-electron chi connectivity index (χ3n) is 2.48. The van der Waals surface area contributed by atoms with Crippen LogP contribution in [0.2, 0.25) is 5.02 Å². The van der Waals surface area contributed by atoms with Gasteiger partial charge >= 0.3 is 5.97 Å². The number of carboxylic acids is 1. The van der Waals surface area contributed by atoms with Gasteiger partial charge in [0.25, 0.3) is 5.91 Å². The molecule has 0 unspecified atom stereocenters. The largest absolute Gasteiger partial charge is 0.476 e. The Morgan fingerprint density at radius 2 is 2.20 bits per heavy atom. The summed E-state index contributed by atoms with van der Waals surface area (Å²) in [5.41, 5.74) is 0.522. The van der Waals surface area contributed by atoms with Crippen LogP contribution in [0.15, 0.2) is 29.6 Å². The van der Waals surface area contributed by atoms with Crippen LogP contribution < -0.4 is 5.32 Å². The number of halogens is 1. The van der Waals surface area contributed by atoms with Gasteiger partial charge in [-0.05, 0) is 18.2 Å². The maximum atomic E-state index is 11.8. The first-order valence-corrected chi connectivity index (χ1v) is 7.03. The first-order valence-electron chi connectivity index (χ1n) is 5.78. The fourth-order valence-corrected chi connectivity index (χ4v) is 2.50. The van der Waals surface area contributed by atoms with E-state index in [-0.39, 0.29) is 11.6 Å². The van der Waals surface area contributed by atoms with E-state index in [1.165, 1.54) is 16.7 Å². The number of rotatable bonds is 5. The molecule has 7 heteroatoms. The Balaban J connectivity index is 1.86. The molecule has 0 aliphatic heterocycles. The zero-order valence-electron chi connectivity index (χ0n) is 10.3. The van der Waals surface area contributed by atoms with Gasteiger partial charge in [-0.2, -0.15) is 0 Å². The van der Waals surface area contributed by atoms with E-state index in [9.17, 15) is 9.59 Å². The number of hydrogen-bond acceptors (Lipinski definition) is 4. The number of benzene rings is 1. The van der Waals surface area contributed by atoms with Gasteiger partial charge in [0.05, 0.1) is 5.01 Å². The van der Waals surface area contributed by atoms with Crippen LogP contribution >= 0.6 is 22.9 Å². The van der Waals surface area contributed by atoms with Crippen molar-refractivity contribution in [2.24, 2.45) is 0 Å². The van der Waals surface area contributed by atoms with E-state index in [0.717, 1.165) is 0 Å². The summed E-state index contributed by atoms with van der Waals surface area (Å²) < 4.78 is 0. The smallest absolute Gasteiger partial charge is 0.355 e. The lowest BCUT2D eigenvalue weighted by Crippen LogP contribution is -2.25. The molecule has 20 heavy (non-hydrogen) atoms. The molecule has 1 aromatic carbocycles. The molecule has 5 nitrogen and oxygen atoms in total. The molecule has 2 aromatic rings. The standard InChI is InChI=1S/C13H11ClN2O3S/c14-9-3-1-2-8(6-9)12(17)15-5-4-11-16-10(7-20-11)13(18)19/h1-3,6-7H,4-5H2,(H,15,17)(H,18,19). The molecule has 0 atom stereocenters. The Kier molecular flexibility index (Phi) is 4.70. The lowest BCUT2D eigenvalue weighted by Gasteiger charge is -2.04. The highest BCUT2D eigenvalue weighted by atomic mass is 35.5. The van der Waals surface area contributed by atoms with Gasteiger partial charge in [-0.3, -0.25) is 4.79 Å². The Morgan fingerprint density at radius 3 is 2.85 bits per heavy atom. The number of hydrogen-bond donors (Lipinski definition) is 2. The van der Waals surface area contributed by atoms with E-state index in [1.807, 2.05) is 0 Å². The SMILES string of the molecule is O=C(NCCc1nc(C(=O)O)cs1)c1cccc(Cl)c1. The highest BCUT2D eigenvalue weighted by Gasteiger charge is 2.09. The second-order valence-corrected chi connectivity index (χ2v) is 5.33. The predicted molar refractivity (Wildman–Crippen MR) is 76.6 cm³/mol. The summed E-state index contributed by atoms with van der Waals surface area (Å²) in [5, 5.41) is 14.1. The van der Waals surface area contributed by atoms with Crippen LogP contribution in [0, 0.1) is 0 Å². The van der Waals surface area contributed by atoms with E-state index < -0.39 is 5.97 Å². The number of nitrogens with zero attached hydrogens (tertiary/aromatic N) is 1. The Hall–Kier alpha value is -1.92. The minimum Gasteiger partial charge on any atom is -0.476 e. The average Bonchev–Trinajstić information content (AvgIpc) is 2.87. The van der Waals surface area contributed by atoms with Gasteiger partial charge in [-0.15, -0.1) is 11.3 Å². The topological polar surface area (TPSA) is 79.3 Å². The van der Waals surface area contributed by atoms with Crippen molar-refractivity contribution in [1.29, 1.82) is 0 Å². The van der Waals surface area contributed by atoms with Gasteiger partial charge < -0.3 is 10.4 Å². The van der Waals surface area contributed by atoms with Crippen molar-refractivity contribution in [3.8, 4) is 0 Å². The maximum Gasteiger partial charge on any atom is 0.355 e. The molecule has 2 rings (SSSR count). The van der Waals surface area contributed by atoms with Gasteiger partial charge in [-0.1, -0.05) is 17.7 Å². The molecule has 104 valence electrons. The second-order valence-electron chi connectivity index (χ2n) is 3.95. The number of nitrogens with one attached hydrogen (secondary N) is 1. The van der Waals surface area contributed by atoms with Crippen LogP contribution in [0.3, 0.4) is 0 Å². The molecule has 1 aromatic heterocycles. The van der Waals surface area contributed by atoms with Crippen molar-refractivity contribution >= 4 is 34.8 Å². The number of carbonyl (C=O) groups excluding carboxylic acids is 1. The van der Waals surface area contributed by atoms with Crippen LogP contribution in [-0.4, -0.2) is 28.5 Å². The molecule has 1 heterocycles. The summed E-state index contributed by atoms with van der Waals surface area (Å²) in [4.78, 5) is 26.4. The number of amides is 1. The van der Waals surface area contributed by atoms with Crippen LogP contribution in [0.5, 0.6) is 0 Å². The first-order chi connectivity index (χ1) is 9.56. The van der Waals surface area contributed by atoms with Gasteiger partial charge in [0.15, 0.2) is 5.69 Å². The van der Waals surface area contributed by atoms with Crippen LogP contribution in [0.1, 0.15) is 25.9 Å². The summed E-state index contributed by atoms with van der Waals surface area (Å²) in [6.07, 6.45) is 0.490. The Labute approximate surface area is 124 Å². The lowest BCUT2D eigenvalue weighted by atomic mass is 10.2. The fraction of sp³-hybridized carbons (Fsp3) is 0.154. The number of carboxylic acid groups (broad SMARTS) is 1. The van der Waals surface area contributed by atoms with E-state index in [0.29, 0.717) is 28.6 Å². The van der Waals surface area contributed by atoms with Crippen LogP contribution in [0.25, 0.3) is 0 Å². The highest BCUT2D eigenvalue weighted by Crippen LogP contribution is 2.11. The number of aromatic carboxylic acids is 1. The minimum atomic E-state index is -1.05. The molecule has 2 N–H and O–H groups in total. The zero-order valence-corrected chi connectivity index (χ0v) is 11.9. The summed E-state index contributed by atoms with van der Waals surface area (Å²) in [7, 11) is 0. The van der Waals surface area contributed by atoms with Crippen molar-refractivity contribution in [3.63, 3.8) is 0 Å². The normalized spacial score (nSPS) is 10.2. The first kappa shape index (κ1) is 14.5. The molecule has 0 saturated heterocycles. The third-order valence-corrected chi connectivity index (χ3v) is 3.63. The molecular formula is C13H11ClN2O3S. The summed E-state index contributed by atoms with van der Waals surface area (Å²) in [6.45, 7) is 0.387. The van der Waals surface area contributed by atoms with E-state index >= 15 is 0 Å². The molecule has 0 saturated carbocycles. The van der Waals surface area contributed by atoms with Crippen molar-refractivity contribution in [1.82, 2.24) is 10.3 Å². The molecule has 0 bridgehead atoms. The number of aromatic nitrogens is 1. The Morgan fingerprint density at radius 1 is 1.40 bits per heavy atom. The average molecular weight is 311 g/mol. The molecule has 1 amide bonds. The predicted octanol–water partition coefficient (Wildman–Crippen LogP) is 2.47. The molecular weight excluding hydrogens is 300 g/mol. The van der Waals surface area contributed by atoms with Gasteiger partial charge in [0.2, 0.25) is 0 Å². The third kappa shape index (κ3) is 3.79. The molecule has 0 aliphatic carbocycles. The van der Waals surface area contributed by atoms with Crippen molar-refractivity contribution in [2.45, 2.75) is 6.42 Å². The molecule has 0 radical (unpaired) electrons. The van der Waals surface area contributed by atoms with Crippen LogP contribution in [0.4, 0.5) is 0 Å². The second kappa shape index (κ2) is 6.49. The summed E-state index contributed by atoms with van der Waals surface area (Å²) >= 11 is 7.07. The minimum absolute atomic E-state index is 0.0335. The quantitative estimate of drug-likeness (QED) is 0.889. The van der Waals surface area contributed by atoms with Gasteiger partial charge in [0, 0.05) is 28.9 Å². The molecule has 0 fully saturated rings. The van der Waals surface area contributed by atoms with E-state index in [1.54, 1.807) is 24.3 Å². The monoisotopic (exact) mass is 310 g/mol. The maximum absolute atomic E-state index is 11.8.